The van der Waals surface area contributed by atoms with E-state index < -0.39 is 0 Å². The maximum atomic E-state index is 4.35. The van der Waals surface area contributed by atoms with Gasteiger partial charge >= 0.3 is 0 Å². The van der Waals surface area contributed by atoms with Gasteiger partial charge in [0.15, 0.2) is 5.01 Å². The van der Waals surface area contributed by atoms with E-state index in [2.05, 4.69) is 30.7 Å². The molecule has 0 bridgehead atoms. The van der Waals surface area contributed by atoms with Crippen LogP contribution in [-0.4, -0.2) is 4.98 Å². The first kappa shape index (κ1) is 10.3. The Kier molecular flexibility index (Phi) is 3.98. The van der Waals surface area contributed by atoms with Gasteiger partial charge in [0.05, 0.1) is 5.69 Å². The maximum Gasteiger partial charge on any atom is 0.167 e. The molecule has 0 saturated carbocycles. The number of aryl methyl sites for hydroxylation is 2. The molecule has 0 amide bonds. The van der Waals surface area contributed by atoms with Gasteiger partial charge in [-0.05, 0) is 26.2 Å². The molecule has 70 valence electrons. The molecular weight excluding hydrogens is 178 g/mol. The number of rotatable bonds is 2. The molecule has 1 nitrogen and oxygen atoms in total. The van der Waals surface area contributed by atoms with Crippen LogP contribution in [0.2, 0.25) is 0 Å². The minimum atomic E-state index is 0.964. The molecule has 0 aliphatic carbocycles. The molecule has 0 aromatic carbocycles. The van der Waals surface area contributed by atoms with E-state index in [9.17, 15) is 0 Å². The third kappa shape index (κ3) is 3.20. The summed E-state index contributed by atoms with van der Waals surface area (Å²) in [6, 6.07) is 0. The van der Waals surface area contributed by atoms with Crippen LogP contribution in [0, 0.1) is 25.7 Å². The molecule has 0 N–H and O–H groups in total. The summed E-state index contributed by atoms with van der Waals surface area (Å²) in [7, 11) is 0. The van der Waals surface area contributed by atoms with Gasteiger partial charge in [0.25, 0.3) is 0 Å². The Labute approximate surface area is 84.2 Å². The predicted octanol–water partition coefficient (Wildman–Crippen LogP) is 3.30. The average Bonchev–Trinajstić information content (AvgIpc) is 2.41. The molecular formula is C11H15NS. The lowest BCUT2D eigenvalue weighted by Crippen LogP contribution is -1.74. The van der Waals surface area contributed by atoms with Gasteiger partial charge in [0, 0.05) is 11.3 Å². The molecule has 1 heterocycles. The molecule has 0 spiro atoms. The van der Waals surface area contributed by atoms with Crippen LogP contribution in [-0.2, 0) is 0 Å². The van der Waals surface area contributed by atoms with Crippen LogP contribution in [0.1, 0.15) is 41.8 Å². The fourth-order valence-corrected chi connectivity index (χ4v) is 1.72. The van der Waals surface area contributed by atoms with Crippen LogP contribution in [0.3, 0.4) is 0 Å². The van der Waals surface area contributed by atoms with E-state index >= 15 is 0 Å². The number of unbranched alkanes of at least 4 members (excludes halogenated alkanes) is 2. The summed E-state index contributed by atoms with van der Waals surface area (Å²) in [5, 5.41) is 0.964. The van der Waals surface area contributed by atoms with Crippen LogP contribution >= 0.6 is 11.3 Å². The maximum absolute atomic E-state index is 4.35. The fourth-order valence-electron chi connectivity index (χ4n) is 0.929. The zero-order chi connectivity index (χ0) is 9.68. The van der Waals surface area contributed by atoms with Crippen molar-refractivity contribution in [1.82, 2.24) is 4.98 Å². The van der Waals surface area contributed by atoms with Gasteiger partial charge in [-0.3, -0.25) is 0 Å². The van der Waals surface area contributed by atoms with Crippen molar-refractivity contribution >= 4 is 11.3 Å². The van der Waals surface area contributed by atoms with Crippen LogP contribution in [0.25, 0.3) is 0 Å². The van der Waals surface area contributed by atoms with Crippen molar-refractivity contribution in [3.63, 3.8) is 0 Å². The van der Waals surface area contributed by atoms with E-state index in [1.165, 1.54) is 17.7 Å². The van der Waals surface area contributed by atoms with Crippen LogP contribution in [0.15, 0.2) is 0 Å². The molecule has 0 atom stereocenters. The van der Waals surface area contributed by atoms with E-state index in [-0.39, 0.29) is 0 Å². The van der Waals surface area contributed by atoms with E-state index in [1.54, 1.807) is 11.3 Å². The number of nitrogens with zero attached hydrogens (tertiary/aromatic N) is 1. The summed E-state index contributed by atoms with van der Waals surface area (Å²) in [5.41, 5.74) is 1.12. The number of aromatic nitrogens is 1. The molecule has 1 rings (SSSR count). The van der Waals surface area contributed by atoms with Crippen molar-refractivity contribution in [2.45, 2.75) is 40.0 Å². The Morgan fingerprint density at radius 1 is 1.38 bits per heavy atom. The molecule has 0 unspecified atom stereocenters. The Morgan fingerprint density at radius 3 is 2.69 bits per heavy atom. The van der Waals surface area contributed by atoms with E-state index in [0.29, 0.717) is 0 Å². The second-order valence-electron chi connectivity index (χ2n) is 3.07. The highest BCUT2D eigenvalue weighted by Crippen LogP contribution is 2.14. The summed E-state index contributed by atoms with van der Waals surface area (Å²) in [5.74, 6) is 6.24. The van der Waals surface area contributed by atoms with Gasteiger partial charge in [0.2, 0.25) is 0 Å². The highest BCUT2D eigenvalue weighted by molar-refractivity contribution is 7.12. The molecule has 13 heavy (non-hydrogen) atoms. The van der Waals surface area contributed by atoms with E-state index in [4.69, 9.17) is 0 Å². The molecule has 1 aromatic rings. The second kappa shape index (κ2) is 5.04. The fraction of sp³-hybridized carbons (Fsp3) is 0.545. The van der Waals surface area contributed by atoms with Crippen molar-refractivity contribution < 1.29 is 0 Å². The second-order valence-corrected chi connectivity index (χ2v) is 4.27. The largest absolute Gasteiger partial charge is 0.233 e. The normalized spacial score (nSPS) is 9.46. The van der Waals surface area contributed by atoms with Gasteiger partial charge < -0.3 is 0 Å². The Balaban J connectivity index is 2.56. The summed E-state index contributed by atoms with van der Waals surface area (Å²) >= 11 is 1.69. The SMILES string of the molecule is CCCCC#Cc1nc(C)c(C)s1. The van der Waals surface area contributed by atoms with Crippen molar-refractivity contribution in [3.8, 4) is 11.8 Å². The van der Waals surface area contributed by atoms with Gasteiger partial charge in [-0.2, -0.15) is 0 Å². The van der Waals surface area contributed by atoms with Crippen molar-refractivity contribution in [3.05, 3.63) is 15.6 Å². The molecule has 0 aliphatic heterocycles. The predicted molar refractivity (Wildman–Crippen MR) is 58.0 cm³/mol. The van der Waals surface area contributed by atoms with Crippen molar-refractivity contribution in [2.24, 2.45) is 0 Å². The zero-order valence-corrected chi connectivity index (χ0v) is 9.29. The lowest BCUT2D eigenvalue weighted by molar-refractivity contribution is 0.828. The van der Waals surface area contributed by atoms with Crippen molar-refractivity contribution in [1.29, 1.82) is 0 Å². The minimum absolute atomic E-state index is 0.964. The van der Waals surface area contributed by atoms with Gasteiger partial charge in [-0.25, -0.2) is 4.98 Å². The Bertz CT molecular complexity index is 308. The monoisotopic (exact) mass is 193 g/mol. The highest BCUT2D eigenvalue weighted by Gasteiger charge is 1.98. The molecule has 1 aromatic heterocycles. The highest BCUT2D eigenvalue weighted by atomic mass is 32.1. The first-order valence-corrected chi connectivity index (χ1v) is 5.48. The zero-order valence-electron chi connectivity index (χ0n) is 8.48. The molecule has 0 fully saturated rings. The first-order valence-electron chi connectivity index (χ1n) is 4.67. The van der Waals surface area contributed by atoms with Crippen molar-refractivity contribution in [2.75, 3.05) is 0 Å². The average molecular weight is 193 g/mol. The van der Waals surface area contributed by atoms with E-state index in [1.807, 2.05) is 6.92 Å². The standard InChI is InChI=1S/C11H15NS/c1-4-5-6-7-8-11-12-9(2)10(3)13-11/h4-6H2,1-3H3. The Morgan fingerprint density at radius 2 is 2.15 bits per heavy atom. The summed E-state index contributed by atoms with van der Waals surface area (Å²) in [6.07, 6.45) is 3.40. The topological polar surface area (TPSA) is 12.9 Å². The molecule has 0 aliphatic rings. The summed E-state index contributed by atoms with van der Waals surface area (Å²) in [6.45, 7) is 6.30. The van der Waals surface area contributed by atoms with Gasteiger partial charge in [-0.1, -0.05) is 19.3 Å². The Hall–Kier alpha value is -0.810. The van der Waals surface area contributed by atoms with Gasteiger partial charge in [0.1, 0.15) is 0 Å². The number of hydrogen-bond donors (Lipinski definition) is 0. The quantitative estimate of drug-likeness (QED) is 0.519. The first-order chi connectivity index (χ1) is 6.24. The van der Waals surface area contributed by atoms with Crippen LogP contribution in [0.5, 0.6) is 0 Å². The van der Waals surface area contributed by atoms with Crippen LogP contribution in [0.4, 0.5) is 0 Å². The molecule has 0 radical (unpaired) electrons. The smallest absolute Gasteiger partial charge is 0.167 e. The number of thiazole rings is 1. The van der Waals surface area contributed by atoms with E-state index in [0.717, 1.165) is 17.1 Å². The lowest BCUT2D eigenvalue weighted by atomic mass is 10.2. The lowest BCUT2D eigenvalue weighted by Gasteiger charge is -1.82. The number of hydrogen-bond acceptors (Lipinski definition) is 2. The third-order valence-corrected chi connectivity index (χ3v) is 2.87. The van der Waals surface area contributed by atoms with Gasteiger partial charge in [-0.15, -0.1) is 11.3 Å². The summed E-state index contributed by atoms with van der Waals surface area (Å²) < 4.78 is 0. The summed E-state index contributed by atoms with van der Waals surface area (Å²) in [4.78, 5) is 5.63. The minimum Gasteiger partial charge on any atom is -0.233 e. The van der Waals surface area contributed by atoms with Crippen LogP contribution < -0.4 is 0 Å². The molecule has 0 saturated heterocycles. The third-order valence-electron chi connectivity index (χ3n) is 1.88. The molecule has 2 heteroatoms.